The number of amides is 1. The predicted octanol–water partition coefficient (Wildman–Crippen LogP) is -0.430. The number of aryl methyl sites for hydroxylation is 1. The highest BCUT2D eigenvalue weighted by Gasteiger charge is 2.27. The molecule has 2 fully saturated rings. The van der Waals surface area contributed by atoms with Gasteiger partial charge >= 0.3 is 0 Å². The van der Waals surface area contributed by atoms with Gasteiger partial charge in [0.15, 0.2) is 0 Å². The second-order valence-corrected chi connectivity index (χ2v) is 9.20. The molecule has 2 aliphatic heterocycles. The zero-order chi connectivity index (χ0) is 19.3. The number of nitrogens with one attached hydrogen (secondary N) is 2. The Morgan fingerprint density at radius 2 is 1.96 bits per heavy atom. The maximum atomic E-state index is 12.4. The van der Waals surface area contributed by atoms with Crippen molar-refractivity contribution in [3.05, 3.63) is 29.8 Å². The number of carbonyl (C=O) groups excluding carboxylic acids is 1. The molecule has 0 saturated carbocycles. The summed E-state index contributed by atoms with van der Waals surface area (Å²) in [6.45, 7) is 7.25. The fourth-order valence-corrected chi connectivity index (χ4v) is 4.69. The summed E-state index contributed by atoms with van der Waals surface area (Å²) < 4.78 is 32.7. The van der Waals surface area contributed by atoms with E-state index < -0.39 is 10.0 Å². The van der Waals surface area contributed by atoms with Crippen LogP contribution < -0.4 is 9.62 Å². The lowest BCUT2D eigenvalue weighted by molar-refractivity contribution is -0.906. The largest absolute Gasteiger partial charge is 0.372 e. The Kier molecular flexibility index (Phi) is 6.86. The molecule has 2 heterocycles. The number of piperazine rings is 1. The highest BCUT2D eigenvalue weighted by Crippen LogP contribution is 2.11. The number of rotatable bonds is 7. The number of hydrogen-bond acceptors (Lipinski definition) is 4. The summed E-state index contributed by atoms with van der Waals surface area (Å²) in [7, 11) is -3.56. The smallest absolute Gasteiger partial charge is 0.240 e. The van der Waals surface area contributed by atoms with E-state index in [0.29, 0.717) is 6.10 Å². The van der Waals surface area contributed by atoms with Gasteiger partial charge in [0, 0.05) is 19.6 Å². The fraction of sp³-hybridized carbons (Fsp3) is 0.632. The number of quaternary nitrogens is 1. The summed E-state index contributed by atoms with van der Waals surface area (Å²) in [5, 5.41) is 0. The maximum absolute atomic E-state index is 12.4. The van der Waals surface area contributed by atoms with Crippen LogP contribution >= 0.6 is 0 Å². The van der Waals surface area contributed by atoms with Crippen LogP contribution in [-0.2, 0) is 19.6 Å². The van der Waals surface area contributed by atoms with Gasteiger partial charge in [-0.2, -0.15) is 0 Å². The van der Waals surface area contributed by atoms with Crippen LogP contribution in [0.4, 0.5) is 0 Å². The molecule has 2 N–H and O–H groups in total. The first-order chi connectivity index (χ1) is 12.9. The van der Waals surface area contributed by atoms with Crippen molar-refractivity contribution in [1.82, 2.24) is 9.62 Å². The van der Waals surface area contributed by atoms with Crippen LogP contribution in [0.1, 0.15) is 24.8 Å². The van der Waals surface area contributed by atoms with E-state index in [1.165, 1.54) is 4.90 Å². The predicted molar refractivity (Wildman–Crippen MR) is 102 cm³/mol. The topological polar surface area (TPSA) is 80.2 Å². The lowest BCUT2D eigenvalue weighted by atomic mass is 10.2. The summed E-state index contributed by atoms with van der Waals surface area (Å²) in [6.07, 6.45) is 2.86. The molecule has 0 unspecified atom stereocenters. The number of carbonyl (C=O) groups is 1. The molecule has 0 aliphatic carbocycles. The summed E-state index contributed by atoms with van der Waals surface area (Å²) in [5.41, 5.74) is 1.00. The molecular formula is C19H30N3O4S+. The molecular weight excluding hydrogens is 366 g/mol. The second-order valence-electron chi connectivity index (χ2n) is 7.43. The van der Waals surface area contributed by atoms with E-state index in [9.17, 15) is 13.2 Å². The van der Waals surface area contributed by atoms with Gasteiger partial charge in [-0.15, -0.1) is 0 Å². The molecule has 1 atom stereocenters. The quantitative estimate of drug-likeness (QED) is 0.656. The number of nitrogens with zero attached hydrogens (tertiary/aromatic N) is 1. The number of hydrogen-bond donors (Lipinski definition) is 2. The van der Waals surface area contributed by atoms with Crippen LogP contribution in [0, 0.1) is 6.92 Å². The Labute approximate surface area is 161 Å². The van der Waals surface area contributed by atoms with E-state index in [1.807, 2.05) is 11.8 Å². The van der Waals surface area contributed by atoms with Crippen LogP contribution in [0.2, 0.25) is 0 Å². The van der Waals surface area contributed by atoms with Gasteiger partial charge in [0.2, 0.25) is 15.9 Å². The average molecular weight is 397 g/mol. The van der Waals surface area contributed by atoms with Crippen LogP contribution in [0.15, 0.2) is 29.2 Å². The molecule has 1 aromatic rings. The van der Waals surface area contributed by atoms with E-state index in [2.05, 4.69) is 4.72 Å². The average Bonchev–Trinajstić information content (AvgIpc) is 3.15. The second kappa shape index (κ2) is 9.14. The third kappa shape index (κ3) is 5.75. The molecule has 27 heavy (non-hydrogen) atoms. The highest BCUT2D eigenvalue weighted by molar-refractivity contribution is 7.89. The minimum atomic E-state index is -3.56. The van der Waals surface area contributed by atoms with Crippen LogP contribution in [0.25, 0.3) is 0 Å². The molecule has 2 saturated heterocycles. The van der Waals surface area contributed by atoms with Gasteiger partial charge in [0.1, 0.15) is 12.6 Å². The van der Waals surface area contributed by atoms with E-state index in [1.54, 1.807) is 24.3 Å². The minimum Gasteiger partial charge on any atom is -0.372 e. The van der Waals surface area contributed by atoms with Crippen molar-refractivity contribution in [2.24, 2.45) is 0 Å². The highest BCUT2D eigenvalue weighted by atomic mass is 32.2. The first-order valence-electron chi connectivity index (χ1n) is 9.73. The van der Waals surface area contributed by atoms with Crippen LogP contribution in [0.3, 0.4) is 0 Å². The molecule has 1 aromatic carbocycles. The summed E-state index contributed by atoms with van der Waals surface area (Å²) in [5.74, 6) is 0.0118. The zero-order valence-corrected chi connectivity index (χ0v) is 16.8. The van der Waals surface area contributed by atoms with Crippen molar-refractivity contribution in [3.63, 3.8) is 0 Å². The standard InChI is InChI=1S/C19H29N3O4S/c1-16-4-6-18(7-5-16)27(24,25)20-9-8-19(23)22-12-10-21(11-13-22)15-17-3-2-14-26-17/h4-7,17,20H,2-3,8-15H2,1H3/p+1/t17-/m0/s1. The molecule has 0 radical (unpaired) electrons. The zero-order valence-electron chi connectivity index (χ0n) is 15.9. The monoisotopic (exact) mass is 396 g/mol. The first-order valence-corrected chi connectivity index (χ1v) is 11.2. The van der Waals surface area contributed by atoms with Crippen molar-refractivity contribution in [3.8, 4) is 0 Å². The van der Waals surface area contributed by atoms with E-state index in [4.69, 9.17) is 4.74 Å². The number of ether oxygens (including phenoxy) is 1. The normalized spacial score (nSPS) is 21.5. The van der Waals surface area contributed by atoms with Gasteiger partial charge in [-0.25, -0.2) is 13.1 Å². The fourth-order valence-electron chi connectivity index (χ4n) is 3.65. The molecule has 2 aliphatic rings. The molecule has 0 spiro atoms. The summed E-state index contributed by atoms with van der Waals surface area (Å²) in [4.78, 5) is 15.9. The Morgan fingerprint density at radius 3 is 2.59 bits per heavy atom. The molecule has 0 bridgehead atoms. The lowest BCUT2D eigenvalue weighted by Crippen LogP contribution is -3.15. The summed E-state index contributed by atoms with van der Waals surface area (Å²) in [6, 6.07) is 6.68. The van der Waals surface area contributed by atoms with E-state index in [-0.39, 0.29) is 23.8 Å². The van der Waals surface area contributed by atoms with Gasteiger partial charge < -0.3 is 14.5 Å². The molecule has 3 rings (SSSR count). The summed E-state index contributed by atoms with van der Waals surface area (Å²) >= 11 is 0. The Morgan fingerprint density at radius 1 is 1.26 bits per heavy atom. The Balaban J connectivity index is 1.39. The van der Waals surface area contributed by atoms with Crippen molar-refractivity contribution < 1.29 is 22.8 Å². The molecule has 150 valence electrons. The number of benzene rings is 1. The van der Waals surface area contributed by atoms with Gasteiger partial charge in [0.05, 0.1) is 31.1 Å². The van der Waals surface area contributed by atoms with Crippen molar-refractivity contribution >= 4 is 15.9 Å². The third-order valence-corrected chi connectivity index (χ3v) is 6.80. The van der Waals surface area contributed by atoms with Gasteiger partial charge in [0.25, 0.3) is 0 Å². The molecule has 7 nitrogen and oxygen atoms in total. The van der Waals surface area contributed by atoms with Crippen LogP contribution in [-0.4, -0.2) is 71.2 Å². The SMILES string of the molecule is Cc1ccc(S(=O)(=O)NCCC(=O)N2CC[NH+](C[C@@H]3CCCO3)CC2)cc1. The number of sulfonamides is 1. The van der Waals surface area contributed by atoms with E-state index >= 15 is 0 Å². The molecule has 1 amide bonds. The Hall–Kier alpha value is -1.48. The minimum absolute atomic E-state index is 0.0118. The third-order valence-electron chi connectivity index (χ3n) is 5.33. The van der Waals surface area contributed by atoms with Crippen molar-refractivity contribution in [1.29, 1.82) is 0 Å². The van der Waals surface area contributed by atoms with Gasteiger partial charge in [-0.05, 0) is 31.9 Å². The van der Waals surface area contributed by atoms with Gasteiger partial charge in [-0.3, -0.25) is 4.79 Å². The van der Waals surface area contributed by atoms with Crippen molar-refractivity contribution in [2.75, 3.05) is 45.9 Å². The Bertz CT molecular complexity index is 722. The molecule has 0 aromatic heterocycles. The molecule has 8 heteroatoms. The first kappa shape index (κ1) is 20.3. The van der Waals surface area contributed by atoms with E-state index in [0.717, 1.165) is 57.7 Å². The maximum Gasteiger partial charge on any atom is 0.240 e. The van der Waals surface area contributed by atoms with Gasteiger partial charge in [-0.1, -0.05) is 17.7 Å². The lowest BCUT2D eigenvalue weighted by Gasteiger charge is -2.33. The van der Waals surface area contributed by atoms with Crippen LogP contribution in [0.5, 0.6) is 0 Å². The van der Waals surface area contributed by atoms with Crippen molar-refractivity contribution in [2.45, 2.75) is 37.2 Å².